The predicted octanol–water partition coefficient (Wildman–Crippen LogP) is 1.36. The number of morpholine rings is 1. The molecule has 0 radical (unpaired) electrons. The zero-order chi connectivity index (χ0) is 19.8. The Kier molecular flexibility index (Phi) is 7.42. The third-order valence-corrected chi connectivity index (χ3v) is 5.58. The molecule has 2 aliphatic rings. The van der Waals surface area contributed by atoms with Crippen molar-refractivity contribution < 1.29 is 23.8 Å². The van der Waals surface area contributed by atoms with E-state index in [1.54, 1.807) is 0 Å². The van der Waals surface area contributed by atoms with Crippen molar-refractivity contribution in [2.24, 2.45) is 5.41 Å². The first kappa shape index (κ1) is 20.8. The summed E-state index contributed by atoms with van der Waals surface area (Å²) in [6.07, 6.45) is 1.27. The van der Waals surface area contributed by atoms with Gasteiger partial charge in [-0.1, -0.05) is 30.3 Å². The Bertz CT molecular complexity index is 645. The molecule has 0 saturated carbocycles. The molecule has 7 nitrogen and oxygen atoms in total. The summed E-state index contributed by atoms with van der Waals surface area (Å²) >= 11 is 0. The molecular weight excluding hydrogens is 360 g/mol. The van der Waals surface area contributed by atoms with Gasteiger partial charge in [-0.3, -0.25) is 14.5 Å². The Morgan fingerprint density at radius 2 is 1.96 bits per heavy atom. The molecule has 0 bridgehead atoms. The number of hydrogen-bond donors (Lipinski definition) is 1. The van der Waals surface area contributed by atoms with Crippen LogP contribution in [0.15, 0.2) is 30.3 Å². The summed E-state index contributed by atoms with van der Waals surface area (Å²) in [5, 5.41) is 2.93. The van der Waals surface area contributed by atoms with E-state index in [9.17, 15) is 9.59 Å². The van der Waals surface area contributed by atoms with Crippen LogP contribution in [0, 0.1) is 5.41 Å². The highest BCUT2D eigenvalue weighted by atomic mass is 16.5. The smallest absolute Gasteiger partial charge is 0.313 e. The molecule has 1 N–H and O–H groups in total. The second-order valence-corrected chi connectivity index (χ2v) is 7.58. The van der Waals surface area contributed by atoms with Crippen molar-refractivity contribution in [2.75, 3.05) is 46.6 Å². The fourth-order valence-electron chi connectivity index (χ4n) is 3.87. The molecule has 2 saturated heterocycles. The second kappa shape index (κ2) is 10.0. The number of ether oxygens (including phenoxy) is 3. The van der Waals surface area contributed by atoms with E-state index in [2.05, 4.69) is 22.3 Å². The molecule has 2 aliphatic heterocycles. The Hall–Kier alpha value is -1.96. The molecule has 7 heteroatoms. The maximum absolute atomic E-state index is 12.5. The van der Waals surface area contributed by atoms with Gasteiger partial charge in [-0.15, -0.1) is 0 Å². The van der Waals surface area contributed by atoms with Gasteiger partial charge in [-0.2, -0.15) is 0 Å². The van der Waals surface area contributed by atoms with Crippen molar-refractivity contribution in [1.29, 1.82) is 0 Å². The van der Waals surface area contributed by atoms with Crippen molar-refractivity contribution in [3.63, 3.8) is 0 Å². The van der Waals surface area contributed by atoms with Gasteiger partial charge in [0.25, 0.3) is 0 Å². The largest absolute Gasteiger partial charge is 0.469 e. The summed E-state index contributed by atoms with van der Waals surface area (Å²) < 4.78 is 16.1. The summed E-state index contributed by atoms with van der Waals surface area (Å²) in [4.78, 5) is 27.0. The standard InChI is InChI=1S/C21H30N2O5/c1-26-20(25)21(7-10-27-11-8-21)16-22-19(24)13-18-15-23(9-12-28-18)14-17-5-3-2-4-6-17/h2-6,18H,7-16H2,1H3,(H,22,24)/t18-/m0/s1. The van der Waals surface area contributed by atoms with Gasteiger partial charge in [-0.25, -0.2) is 0 Å². The summed E-state index contributed by atoms with van der Waals surface area (Å²) in [7, 11) is 1.39. The Morgan fingerprint density at radius 1 is 1.21 bits per heavy atom. The van der Waals surface area contributed by atoms with Gasteiger partial charge in [0, 0.05) is 39.4 Å². The molecule has 0 aromatic heterocycles. The zero-order valence-corrected chi connectivity index (χ0v) is 16.5. The number of methoxy groups -OCH3 is 1. The van der Waals surface area contributed by atoms with E-state index in [1.165, 1.54) is 12.7 Å². The molecule has 1 atom stereocenters. The van der Waals surface area contributed by atoms with Crippen LogP contribution < -0.4 is 5.32 Å². The van der Waals surface area contributed by atoms with Crippen molar-refractivity contribution in [2.45, 2.75) is 31.9 Å². The topological polar surface area (TPSA) is 77.1 Å². The molecule has 2 fully saturated rings. The summed E-state index contributed by atoms with van der Waals surface area (Å²) in [5.74, 6) is -0.375. The molecule has 1 amide bonds. The van der Waals surface area contributed by atoms with Crippen LogP contribution in [0.25, 0.3) is 0 Å². The number of carbonyl (C=O) groups excluding carboxylic acids is 2. The fraction of sp³-hybridized carbons (Fsp3) is 0.619. The molecule has 0 aliphatic carbocycles. The molecule has 0 unspecified atom stereocenters. The lowest BCUT2D eigenvalue weighted by molar-refractivity contribution is -0.158. The monoisotopic (exact) mass is 390 g/mol. The Balaban J connectivity index is 1.47. The molecule has 1 aromatic carbocycles. The second-order valence-electron chi connectivity index (χ2n) is 7.58. The van der Waals surface area contributed by atoms with Crippen LogP contribution >= 0.6 is 0 Å². The van der Waals surface area contributed by atoms with Crippen molar-refractivity contribution >= 4 is 11.9 Å². The number of nitrogens with zero attached hydrogens (tertiary/aromatic N) is 1. The Labute approximate surface area is 166 Å². The summed E-state index contributed by atoms with van der Waals surface area (Å²) in [6.45, 7) is 4.34. The lowest BCUT2D eigenvalue weighted by Crippen LogP contribution is -2.48. The van der Waals surface area contributed by atoms with Crippen LogP contribution in [0.5, 0.6) is 0 Å². The number of carbonyl (C=O) groups is 2. The minimum Gasteiger partial charge on any atom is -0.469 e. The molecule has 1 aromatic rings. The Morgan fingerprint density at radius 3 is 2.68 bits per heavy atom. The van der Waals surface area contributed by atoms with Crippen molar-refractivity contribution in [3.05, 3.63) is 35.9 Å². The minimum atomic E-state index is -0.685. The quantitative estimate of drug-likeness (QED) is 0.709. The summed E-state index contributed by atoms with van der Waals surface area (Å²) in [6, 6.07) is 10.3. The number of esters is 1. The van der Waals surface area contributed by atoms with E-state index >= 15 is 0 Å². The summed E-state index contributed by atoms with van der Waals surface area (Å²) in [5.41, 5.74) is 0.572. The molecule has 28 heavy (non-hydrogen) atoms. The SMILES string of the molecule is COC(=O)C1(CNC(=O)C[C@H]2CN(Cc3ccccc3)CCO2)CCOCC1. The van der Waals surface area contributed by atoms with Crippen LogP contribution in [0.3, 0.4) is 0 Å². The number of rotatable bonds is 7. The maximum atomic E-state index is 12.5. The maximum Gasteiger partial charge on any atom is 0.313 e. The van der Waals surface area contributed by atoms with E-state index in [0.29, 0.717) is 39.1 Å². The average Bonchev–Trinajstić information content (AvgIpc) is 2.73. The van der Waals surface area contributed by atoms with Gasteiger partial charge in [0.05, 0.1) is 31.7 Å². The first-order valence-electron chi connectivity index (χ1n) is 9.92. The molecule has 2 heterocycles. The lowest BCUT2D eigenvalue weighted by atomic mass is 9.80. The van der Waals surface area contributed by atoms with Gasteiger partial charge in [0.15, 0.2) is 0 Å². The van der Waals surface area contributed by atoms with E-state index in [1.807, 2.05) is 18.2 Å². The normalized spacial score (nSPS) is 22.4. The van der Waals surface area contributed by atoms with Crippen LogP contribution in [0.1, 0.15) is 24.8 Å². The first-order valence-corrected chi connectivity index (χ1v) is 9.92. The molecule has 154 valence electrons. The van der Waals surface area contributed by atoms with E-state index in [4.69, 9.17) is 14.2 Å². The van der Waals surface area contributed by atoms with Crippen molar-refractivity contribution in [1.82, 2.24) is 10.2 Å². The van der Waals surface area contributed by atoms with E-state index in [0.717, 1.165) is 19.6 Å². The predicted molar refractivity (Wildman–Crippen MR) is 104 cm³/mol. The van der Waals surface area contributed by atoms with Gasteiger partial charge in [0.2, 0.25) is 5.91 Å². The van der Waals surface area contributed by atoms with Crippen LogP contribution in [0.4, 0.5) is 0 Å². The highest BCUT2D eigenvalue weighted by Crippen LogP contribution is 2.31. The van der Waals surface area contributed by atoms with Crippen LogP contribution in [-0.2, 0) is 30.3 Å². The third-order valence-electron chi connectivity index (χ3n) is 5.58. The van der Waals surface area contributed by atoms with Crippen LogP contribution in [-0.4, -0.2) is 69.4 Å². The zero-order valence-electron chi connectivity index (χ0n) is 16.5. The number of nitrogens with one attached hydrogen (secondary N) is 1. The molecule has 3 rings (SSSR count). The third kappa shape index (κ3) is 5.53. The number of benzene rings is 1. The molecule has 0 spiro atoms. The number of hydrogen-bond acceptors (Lipinski definition) is 6. The fourth-order valence-corrected chi connectivity index (χ4v) is 3.87. The van der Waals surface area contributed by atoms with Gasteiger partial charge >= 0.3 is 5.97 Å². The highest BCUT2D eigenvalue weighted by Gasteiger charge is 2.41. The minimum absolute atomic E-state index is 0.0960. The highest BCUT2D eigenvalue weighted by molar-refractivity contribution is 5.80. The van der Waals surface area contributed by atoms with Gasteiger partial charge < -0.3 is 19.5 Å². The van der Waals surface area contributed by atoms with E-state index in [-0.39, 0.29) is 24.5 Å². The van der Waals surface area contributed by atoms with E-state index < -0.39 is 5.41 Å². The van der Waals surface area contributed by atoms with Gasteiger partial charge in [0.1, 0.15) is 0 Å². The average molecular weight is 390 g/mol. The van der Waals surface area contributed by atoms with Crippen LogP contribution in [0.2, 0.25) is 0 Å². The molecular formula is C21H30N2O5. The van der Waals surface area contributed by atoms with Crippen molar-refractivity contribution in [3.8, 4) is 0 Å². The number of amides is 1. The first-order chi connectivity index (χ1) is 13.6. The lowest BCUT2D eigenvalue weighted by Gasteiger charge is -2.35. The van der Waals surface area contributed by atoms with Gasteiger partial charge in [-0.05, 0) is 18.4 Å².